The Hall–Kier alpha value is -2.54. The van der Waals surface area contributed by atoms with Gasteiger partial charge in [-0.1, -0.05) is 12.1 Å². The van der Waals surface area contributed by atoms with Crippen LogP contribution >= 0.6 is 15.9 Å². The fraction of sp³-hybridized carbons (Fsp3) is 0.263. The van der Waals surface area contributed by atoms with Crippen molar-refractivity contribution in [3.8, 4) is 17.2 Å². The minimum absolute atomic E-state index is 0.106. The van der Waals surface area contributed by atoms with E-state index in [0.717, 1.165) is 32.5 Å². The van der Waals surface area contributed by atoms with Gasteiger partial charge in [0, 0.05) is 10.0 Å². The van der Waals surface area contributed by atoms with E-state index in [9.17, 15) is 4.79 Å². The van der Waals surface area contributed by atoms with Gasteiger partial charge >= 0.3 is 0 Å². The minimum atomic E-state index is -0.335. The molecule has 0 atom stereocenters. The highest BCUT2D eigenvalue weighted by Gasteiger charge is 2.15. The van der Waals surface area contributed by atoms with Crippen molar-refractivity contribution in [2.45, 2.75) is 20.8 Å². The van der Waals surface area contributed by atoms with Gasteiger partial charge in [0.25, 0.3) is 5.91 Å². The van der Waals surface area contributed by atoms with Gasteiger partial charge in [0.1, 0.15) is 5.75 Å². The molecule has 136 valence electrons. The Bertz CT molecular complexity index is 880. The first-order valence-corrected chi connectivity index (χ1v) is 8.85. The van der Waals surface area contributed by atoms with E-state index in [4.69, 9.17) is 14.2 Å². The van der Waals surface area contributed by atoms with Crippen LogP contribution in [0.3, 0.4) is 0 Å². The first-order valence-electron chi connectivity index (χ1n) is 8.06. The summed E-state index contributed by atoms with van der Waals surface area (Å²) in [6, 6.07) is 7.60. The maximum atomic E-state index is 12.0. The number of hydrazone groups is 1. The zero-order valence-electron chi connectivity index (χ0n) is 14.8. The second kappa shape index (κ2) is 7.78. The Kier molecular flexibility index (Phi) is 5.46. The molecule has 7 heteroatoms. The van der Waals surface area contributed by atoms with Crippen LogP contribution in [0.1, 0.15) is 22.3 Å². The van der Waals surface area contributed by atoms with Crippen LogP contribution in [0, 0.1) is 20.8 Å². The summed E-state index contributed by atoms with van der Waals surface area (Å²) in [4.78, 5) is 12.0. The van der Waals surface area contributed by atoms with Crippen LogP contribution in [0.2, 0.25) is 0 Å². The number of hydrogen-bond acceptors (Lipinski definition) is 5. The van der Waals surface area contributed by atoms with Crippen LogP contribution in [0.15, 0.2) is 33.8 Å². The first kappa shape index (κ1) is 18.3. The van der Waals surface area contributed by atoms with E-state index in [1.54, 1.807) is 12.1 Å². The largest absolute Gasteiger partial charge is 0.483 e. The zero-order chi connectivity index (χ0) is 18.7. The summed E-state index contributed by atoms with van der Waals surface area (Å²) in [5.41, 5.74) is 6.38. The molecule has 1 aliphatic rings. The summed E-state index contributed by atoms with van der Waals surface area (Å²) >= 11 is 3.44. The van der Waals surface area contributed by atoms with E-state index in [0.29, 0.717) is 11.5 Å². The number of nitrogens with zero attached hydrogens (tertiary/aromatic N) is 1. The molecule has 0 fully saturated rings. The van der Waals surface area contributed by atoms with Crippen LogP contribution in [0.5, 0.6) is 17.2 Å². The van der Waals surface area contributed by atoms with E-state index < -0.39 is 0 Å². The number of amides is 1. The number of ether oxygens (including phenoxy) is 3. The molecule has 26 heavy (non-hydrogen) atoms. The summed E-state index contributed by atoms with van der Waals surface area (Å²) < 4.78 is 17.1. The van der Waals surface area contributed by atoms with Crippen molar-refractivity contribution in [1.82, 2.24) is 5.43 Å². The van der Waals surface area contributed by atoms with Gasteiger partial charge in [-0.05, 0) is 65.5 Å². The Balaban J connectivity index is 1.58. The summed E-state index contributed by atoms with van der Waals surface area (Å²) in [5.74, 6) is 1.73. The van der Waals surface area contributed by atoms with Crippen molar-refractivity contribution in [1.29, 1.82) is 0 Å². The monoisotopic (exact) mass is 418 g/mol. The van der Waals surface area contributed by atoms with Gasteiger partial charge in [0.2, 0.25) is 6.79 Å². The summed E-state index contributed by atoms with van der Waals surface area (Å²) in [6.45, 7) is 6.04. The lowest BCUT2D eigenvalue weighted by Crippen LogP contribution is -2.25. The summed E-state index contributed by atoms with van der Waals surface area (Å²) in [6.07, 6.45) is 1.53. The molecule has 1 N–H and O–H groups in total. The van der Waals surface area contributed by atoms with Crippen molar-refractivity contribution in [3.63, 3.8) is 0 Å². The molecular weight excluding hydrogens is 400 g/mol. The van der Waals surface area contributed by atoms with Crippen LogP contribution in [-0.4, -0.2) is 25.5 Å². The average Bonchev–Trinajstić information content (AvgIpc) is 3.05. The Morgan fingerprint density at radius 1 is 1.23 bits per heavy atom. The van der Waals surface area contributed by atoms with Gasteiger partial charge in [-0.2, -0.15) is 5.10 Å². The molecule has 0 radical (unpaired) electrons. The molecule has 0 unspecified atom stereocenters. The van der Waals surface area contributed by atoms with Gasteiger partial charge in [0.05, 0.1) is 6.21 Å². The predicted molar refractivity (Wildman–Crippen MR) is 102 cm³/mol. The van der Waals surface area contributed by atoms with E-state index >= 15 is 0 Å². The van der Waals surface area contributed by atoms with E-state index in [1.165, 1.54) is 6.21 Å². The summed E-state index contributed by atoms with van der Waals surface area (Å²) in [5, 5.41) is 3.97. The van der Waals surface area contributed by atoms with Crippen molar-refractivity contribution >= 4 is 28.1 Å². The highest BCUT2D eigenvalue weighted by molar-refractivity contribution is 9.10. The molecule has 6 nitrogen and oxygen atoms in total. The van der Waals surface area contributed by atoms with Gasteiger partial charge in [-0.25, -0.2) is 5.43 Å². The predicted octanol–water partition coefficient (Wildman–Crippen LogP) is 3.63. The number of hydrogen-bond donors (Lipinski definition) is 1. The fourth-order valence-electron chi connectivity index (χ4n) is 2.52. The number of rotatable bonds is 5. The maximum Gasteiger partial charge on any atom is 0.277 e. The lowest BCUT2D eigenvalue weighted by atomic mass is 10.1. The number of fused-ring (bicyclic) bond motifs is 1. The van der Waals surface area contributed by atoms with Gasteiger partial charge in [-0.3, -0.25) is 4.79 Å². The Labute approximate surface area is 160 Å². The third kappa shape index (κ3) is 3.99. The highest BCUT2D eigenvalue weighted by Crippen LogP contribution is 2.36. The molecule has 1 heterocycles. The Morgan fingerprint density at radius 2 is 1.92 bits per heavy atom. The quantitative estimate of drug-likeness (QED) is 0.594. The molecule has 0 aliphatic carbocycles. The molecule has 2 aromatic rings. The standard InChI is InChI=1S/C19H19BrN2O4/c1-11-4-5-12(2)19(13(11)3)24-9-18(23)22-21-8-14-6-16-17(7-15(14)20)26-10-25-16/h4-8H,9-10H2,1-3H3,(H,22,23). The lowest BCUT2D eigenvalue weighted by molar-refractivity contribution is -0.123. The molecule has 0 spiro atoms. The lowest BCUT2D eigenvalue weighted by Gasteiger charge is -2.13. The minimum Gasteiger partial charge on any atom is -0.483 e. The number of nitrogens with one attached hydrogen (secondary N) is 1. The zero-order valence-corrected chi connectivity index (χ0v) is 16.3. The third-order valence-electron chi connectivity index (χ3n) is 4.11. The topological polar surface area (TPSA) is 69.2 Å². The van der Waals surface area contributed by atoms with E-state index in [1.807, 2.05) is 32.9 Å². The van der Waals surface area contributed by atoms with Crippen LogP contribution in [0.25, 0.3) is 0 Å². The molecule has 0 bridgehead atoms. The molecule has 0 saturated carbocycles. The first-order chi connectivity index (χ1) is 12.5. The number of carbonyl (C=O) groups is 1. The second-order valence-corrected chi connectivity index (χ2v) is 6.82. The van der Waals surface area contributed by atoms with Crippen LogP contribution in [0.4, 0.5) is 0 Å². The fourth-order valence-corrected chi connectivity index (χ4v) is 2.95. The number of halogens is 1. The maximum absolute atomic E-state index is 12.0. The molecule has 1 amide bonds. The number of benzene rings is 2. The molecular formula is C19H19BrN2O4. The van der Waals surface area contributed by atoms with Crippen LogP contribution < -0.4 is 19.6 Å². The van der Waals surface area contributed by atoms with E-state index in [-0.39, 0.29) is 19.3 Å². The molecule has 0 aromatic heterocycles. The summed E-state index contributed by atoms with van der Waals surface area (Å²) in [7, 11) is 0. The average molecular weight is 419 g/mol. The van der Waals surface area contributed by atoms with Crippen molar-refractivity contribution in [2.24, 2.45) is 5.10 Å². The highest BCUT2D eigenvalue weighted by atomic mass is 79.9. The molecule has 2 aromatic carbocycles. The molecule has 0 saturated heterocycles. The normalized spacial score (nSPS) is 12.5. The van der Waals surface area contributed by atoms with Gasteiger partial charge in [0.15, 0.2) is 18.1 Å². The number of aryl methyl sites for hydroxylation is 2. The number of carbonyl (C=O) groups excluding carboxylic acids is 1. The van der Waals surface area contributed by atoms with Crippen molar-refractivity contribution < 1.29 is 19.0 Å². The van der Waals surface area contributed by atoms with Crippen LogP contribution in [-0.2, 0) is 4.79 Å². The van der Waals surface area contributed by atoms with Gasteiger partial charge < -0.3 is 14.2 Å². The van der Waals surface area contributed by atoms with E-state index in [2.05, 4.69) is 26.5 Å². The SMILES string of the molecule is Cc1ccc(C)c(OCC(=O)NN=Cc2cc3c(cc2Br)OCO3)c1C. The smallest absolute Gasteiger partial charge is 0.277 e. The molecule has 1 aliphatic heterocycles. The second-order valence-electron chi connectivity index (χ2n) is 5.96. The van der Waals surface area contributed by atoms with Gasteiger partial charge in [-0.15, -0.1) is 0 Å². The molecule has 3 rings (SSSR count). The third-order valence-corrected chi connectivity index (χ3v) is 4.79. The Morgan fingerprint density at radius 3 is 2.69 bits per heavy atom. The van der Waals surface area contributed by atoms with Crippen molar-refractivity contribution in [2.75, 3.05) is 13.4 Å². The van der Waals surface area contributed by atoms with Crippen molar-refractivity contribution in [3.05, 3.63) is 51.0 Å².